The molecule has 23 heavy (non-hydrogen) atoms. The van der Waals surface area contributed by atoms with Crippen molar-refractivity contribution >= 4 is 17.6 Å². The third-order valence-corrected chi connectivity index (χ3v) is 4.56. The summed E-state index contributed by atoms with van der Waals surface area (Å²) in [5.41, 5.74) is 1.73. The van der Waals surface area contributed by atoms with Crippen LogP contribution < -0.4 is 5.32 Å². The summed E-state index contributed by atoms with van der Waals surface area (Å²) in [5.74, 6) is 0.114. The van der Waals surface area contributed by atoms with E-state index in [1.54, 1.807) is 19.3 Å². The molecular formula is C17H24N4O2. The zero-order valence-corrected chi connectivity index (χ0v) is 13.8. The Bertz CT molecular complexity index is 600. The maximum Gasteiger partial charge on any atom is 0.322 e. The van der Waals surface area contributed by atoms with E-state index in [0.29, 0.717) is 18.3 Å². The van der Waals surface area contributed by atoms with Gasteiger partial charge in [0, 0.05) is 32.3 Å². The van der Waals surface area contributed by atoms with Gasteiger partial charge in [-0.1, -0.05) is 0 Å². The Morgan fingerprint density at radius 1 is 1.35 bits per heavy atom. The number of carbonyl (C=O) groups is 2. The lowest BCUT2D eigenvalue weighted by atomic mass is 10.2. The van der Waals surface area contributed by atoms with Crippen LogP contribution in [0.25, 0.3) is 0 Å². The van der Waals surface area contributed by atoms with Gasteiger partial charge in [0.2, 0.25) is 5.91 Å². The van der Waals surface area contributed by atoms with Crippen LogP contribution in [0.4, 0.5) is 10.5 Å². The lowest BCUT2D eigenvalue weighted by Crippen LogP contribution is -2.46. The number of anilines is 1. The van der Waals surface area contributed by atoms with Crippen LogP contribution in [0, 0.1) is 6.92 Å². The van der Waals surface area contributed by atoms with E-state index in [1.807, 2.05) is 22.8 Å². The first-order chi connectivity index (χ1) is 11.0. The van der Waals surface area contributed by atoms with E-state index in [4.69, 9.17) is 0 Å². The van der Waals surface area contributed by atoms with Crippen molar-refractivity contribution in [3.8, 4) is 0 Å². The number of hydrogen-bond donors (Lipinski definition) is 1. The zero-order valence-electron chi connectivity index (χ0n) is 13.8. The Morgan fingerprint density at radius 3 is 2.78 bits per heavy atom. The van der Waals surface area contributed by atoms with E-state index in [0.717, 1.165) is 37.8 Å². The largest absolute Gasteiger partial charge is 0.338 e. The average molecular weight is 316 g/mol. The molecule has 3 rings (SSSR count). The summed E-state index contributed by atoms with van der Waals surface area (Å²) in [6, 6.07) is 2.30. The average Bonchev–Trinajstić information content (AvgIpc) is 3.22. The van der Waals surface area contributed by atoms with E-state index >= 15 is 0 Å². The topological polar surface area (TPSA) is 65.5 Å². The third-order valence-electron chi connectivity index (χ3n) is 4.56. The monoisotopic (exact) mass is 316 g/mol. The van der Waals surface area contributed by atoms with Crippen LogP contribution in [-0.2, 0) is 4.79 Å². The van der Waals surface area contributed by atoms with Crippen LogP contribution in [0.3, 0.4) is 0 Å². The Balaban J connectivity index is 1.63. The molecule has 1 atom stereocenters. The lowest BCUT2D eigenvalue weighted by Gasteiger charge is -2.30. The van der Waals surface area contributed by atoms with Crippen molar-refractivity contribution in [2.45, 2.75) is 51.6 Å². The molecule has 6 nitrogen and oxygen atoms in total. The maximum absolute atomic E-state index is 12.6. The third kappa shape index (κ3) is 3.81. The first-order valence-corrected chi connectivity index (χ1v) is 8.31. The van der Waals surface area contributed by atoms with Gasteiger partial charge in [0.15, 0.2) is 0 Å². The van der Waals surface area contributed by atoms with Crippen molar-refractivity contribution in [2.24, 2.45) is 0 Å². The number of nitrogens with one attached hydrogen (secondary N) is 1. The van der Waals surface area contributed by atoms with Gasteiger partial charge < -0.3 is 15.1 Å². The molecule has 1 aliphatic heterocycles. The molecule has 1 saturated carbocycles. The summed E-state index contributed by atoms with van der Waals surface area (Å²) in [6.45, 7) is 4.96. The predicted molar refractivity (Wildman–Crippen MR) is 88.1 cm³/mol. The molecule has 0 bridgehead atoms. The molecule has 0 spiro atoms. The number of nitrogens with zero attached hydrogens (tertiary/aromatic N) is 3. The van der Waals surface area contributed by atoms with E-state index in [9.17, 15) is 9.59 Å². The molecule has 1 N–H and O–H groups in total. The standard InChI is InChI=1S/C17H24N4O2/c1-12-8-14(10-18-9-12)19-17(23)20-7-3-4-16(20)11-21(13(2)22)15-5-6-15/h8-10,15-16H,3-7,11H2,1-2H3,(H,19,23)/t16-/m0/s1. The molecule has 1 aromatic rings. The van der Waals surface area contributed by atoms with Crippen LogP contribution in [-0.4, -0.2) is 51.9 Å². The molecule has 1 aliphatic carbocycles. The molecule has 2 fully saturated rings. The minimum Gasteiger partial charge on any atom is -0.338 e. The maximum atomic E-state index is 12.6. The predicted octanol–water partition coefficient (Wildman–Crippen LogP) is 2.40. The number of aryl methyl sites for hydroxylation is 1. The minimum atomic E-state index is -0.0980. The lowest BCUT2D eigenvalue weighted by molar-refractivity contribution is -0.130. The number of aromatic nitrogens is 1. The minimum absolute atomic E-state index is 0.0980. The van der Waals surface area contributed by atoms with Gasteiger partial charge in [0.1, 0.15) is 0 Å². The summed E-state index contributed by atoms with van der Waals surface area (Å²) in [5, 5.41) is 2.92. The number of pyridine rings is 1. The first-order valence-electron chi connectivity index (χ1n) is 8.31. The van der Waals surface area contributed by atoms with Crippen molar-refractivity contribution in [3.05, 3.63) is 24.0 Å². The van der Waals surface area contributed by atoms with E-state index in [1.165, 1.54) is 0 Å². The van der Waals surface area contributed by atoms with E-state index in [-0.39, 0.29) is 18.0 Å². The molecule has 124 valence electrons. The SMILES string of the molecule is CC(=O)N(C[C@@H]1CCCN1C(=O)Nc1cncc(C)c1)C1CC1. The Labute approximate surface area is 136 Å². The Kier molecular flexibility index (Phi) is 4.50. The second kappa shape index (κ2) is 6.56. The molecule has 3 amide bonds. The van der Waals surface area contributed by atoms with Gasteiger partial charge in [0.25, 0.3) is 0 Å². The van der Waals surface area contributed by atoms with Gasteiger partial charge >= 0.3 is 6.03 Å². The van der Waals surface area contributed by atoms with Crippen molar-refractivity contribution in [3.63, 3.8) is 0 Å². The summed E-state index contributed by atoms with van der Waals surface area (Å²) in [4.78, 5) is 32.3. The van der Waals surface area contributed by atoms with Crippen LogP contribution in [0.15, 0.2) is 18.5 Å². The highest BCUT2D eigenvalue weighted by atomic mass is 16.2. The Hall–Kier alpha value is -2.11. The number of carbonyl (C=O) groups excluding carboxylic acids is 2. The van der Waals surface area contributed by atoms with Gasteiger partial charge in [-0.15, -0.1) is 0 Å². The smallest absolute Gasteiger partial charge is 0.322 e. The van der Waals surface area contributed by atoms with Crippen LogP contribution >= 0.6 is 0 Å². The highest BCUT2D eigenvalue weighted by Gasteiger charge is 2.36. The molecule has 1 aromatic heterocycles. The van der Waals surface area contributed by atoms with Crippen molar-refractivity contribution in [1.29, 1.82) is 0 Å². The summed E-state index contributed by atoms with van der Waals surface area (Å²) < 4.78 is 0. The van der Waals surface area contributed by atoms with Crippen LogP contribution in [0.5, 0.6) is 0 Å². The second-order valence-corrected chi connectivity index (χ2v) is 6.57. The second-order valence-electron chi connectivity index (χ2n) is 6.57. The molecular weight excluding hydrogens is 292 g/mol. The number of urea groups is 1. The molecule has 6 heteroatoms. The zero-order chi connectivity index (χ0) is 16.4. The number of rotatable bonds is 4. The molecule has 0 radical (unpaired) electrons. The van der Waals surface area contributed by atoms with E-state index < -0.39 is 0 Å². The normalized spacial score (nSPS) is 20.4. The highest BCUT2D eigenvalue weighted by molar-refractivity contribution is 5.89. The molecule has 0 unspecified atom stereocenters. The number of hydrogen-bond acceptors (Lipinski definition) is 3. The van der Waals surface area contributed by atoms with Gasteiger partial charge in [-0.05, 0) is 44.2 Å². The van der Waals surface area contributed by atoms with Crippen molar-refractivity contribution in [2.75, 3.05) is 18.4 Å². The fourth-order valence-corrected chi connectivity index (χ4v) is 3.26. The molecule has 2 heterocycles. The fraction of sp³-hybridized carbons (Fsp3) is 0.588. The fourth-order valence-electron chi connectivity index (χ4n) is 3.26. The number of amides is 3. The van der Waals surface area contributed by atoms with Gasteiger partial charge in [-0.2, -0.15) is 0 Å². The molecule has 0 aromatic carbocycles. The highest BCUT2D eigenvalue weighted by Crippen LogP contribution is 2.29. The quantitative estimate of drug-likeness (QED) is 0.927. The molecule has 1 saturated heterocycles. The van der Waals surface area contributed by atoms with Gasteiger partial charge in [-0.25, -0.2) is 4.79 Å². The van der Waals surface area contributed by atoms with Crippen LogP contribution in [0.2, 0.25) is 0 Å². The van der Waals surface area contributed by atoms with Crippen LogP contribution in [0.1, 0.15) is 38.2 Å². The van der Waals surface area contributed by atoms with Gasteiger partial charge in [0.05, 0.1) is 17.9 Å². The summed E-state index contributed by atoms with van der Waals surface area (Å²) >= 11 is 0. The summed E-state index contributed by atoms with van der Waals surface area (Å²) in [7, 11) is 0. The van der Waals surface area contributed by atoms with Gasteiger partial charge in [-0.3, -0.25) is 9.78 Å². The van der Waals surface area contributed by atoms with E-state index in [2.05, 4.69) is 10.3 Å². The number of likely N-dealkylation sites (tertiary alicyclic amines) is 1. The summed E-state index contributed by atoms with van der Waals surface area (Å²) in [6.07, 6.45) is 7.54. The first kappa shape index (κ1) is 15.8. The Morgan fingerprint density at radius 2 is 2.13 bits per heavy atom. The van der Waals surface area contributed by atoms with Crippen molar-refractivity contribution < 1.29 is 9.59 Å². The van der Waals surface area contributed by atoms with Crippen molar-refractivity contribution in [1.82, 2.24) is 14.8 Å². The molecule has 2 aliphatic rings.